The molecule has 0 saturated carbocycles. The van der Waals surface area contributed by atoms with Gasteiger partial charge in [-0.3, -0.25) is 4.79 Å². The van der Waals surface area contributed by atoms with Gasteiger partial charge in [0.05, 0.1) is 13.7 Å². The summed E-state index contributed by atoms with van der Waals surface area (Å²) in [6.45, 7) is 0.903. The number of nitrogens with two attached hydrogens (primary N) is 1. The number of carbonyl (C=O) groups is 1. The number of ether oxygens (including phenoxy) is 1. The van der Waals surface area contributed by atoms with Gasteiger partial charge in [0, 0.05) is 34.9 Å². The highest BCUT2D eigenvalue weighted by Crippen LogP contribution is 2.34. The first-order valence-electron chi connectivity index (χ1n) is 10.7. The summed E-state index contributed by atoms with van der Waals surface area (Å²) in [5.74, 6) is 0.514. The maximum absolute atomic E-state index is 12.4. The number of aliphatic hydroxyl groups is 1. The number of nitrogens with one attached hydrogen (secondary N) is 1. The number of fused-ring (bicyclic) bond motifs is 2. The molecule has 3 aromatic rings. The Bertz CT molecular complexity index is 1130. The molecule has 0 bridgehead atoms. The first-order chi connectivity index (χ1) is 15.5. The number of benzene rings is 3. The van der Waals surface area contributed by atoms with Crippen LogP contribution in [0.2, 0.25) is 0 Å². The first kappa shape index (κ1) is 25.3. The predicted octanol–water partition coefficient (Wildman–Crippen LogP) is 3.79. The van der Waals surface area contributed by atoms with E-state index in [-0.39, 0.29) is 31.0 Å². The van der Waals surface area contributed by atoms with E-state index in [1.54, 1.807) is 7.11 Å². The third kappa shape index (κ3) is 5.61. The number of aliphatic hydroxyl groups excluding tert-OH is 1. The zero-order valence-corrected chi connectivity index (χ0v) is 20.9. The summed E-state index contributed by atoms with van der Waals surface area (Å²) < 4.78 is 6.76. The van der Waals surface area contributed by atoms with E-state index in [9.17, 15) is 9.90 Å². The van der Waals surface area contributed by atoms with Crippen LogP contribution >= 0.6 is 28.3 Å². The van der Waals surface area contributed by atoms with Crippen molar-refractivity contribution in [1.82, 2.24) is 5.32 Å². The van der Waals surface area contributed by atoms with Crippen molar-refractivity contribution in [1.29, 1.82) is 0 Å². The second kappa shape index (κ2) is 11.2. The lowest BCUT2D eigenvalue weighted by molar-refractivity contribution is -0.123. The fourth-order valence-corrected chi connectivity index (χ4v) is 4.74. The van der Waals surface area contributed by atoms with E-state index in [1.165, 1.54) is 5.56 Å². The molecule has 1 heterocycles. The van der Waals surface area contributed by atoms with E-state index in [0.29, 0.717) is 13.1 Å². The number of anilines is 1. The Balaban J connectivity index is 0.00000306. The van der Waals surface area contributed by atoms with Crippen LogP contribution in [0.3, 0.4) is 0 Å². The average Bonchev–Trinajstić information content (AvgIpc) is 2.98. The summed E-state index contributed by atoms with van der Waals surface area (Å²) in [6, 6.07) is 17.7. The number of nitrogens with zero attached hydrogens (tertiary/aromatic N) is 1. The molecule has 1 aliphatic heterocycles. The molecule has 0 aliphatic carbocycles. The highest BCUT2D eigenvalue weighted by atomic mass is 79.9. The van der Waals surface area contributed by atoms with Gasteiger partial charge in [0.15, 0.2) is 0 Å². The number of aryl methyl sites for hydroxylation is 1. The van der Waals surface area contributed by atoms with Gasteiger partial charge < -0.3 is 25.8 Å². The quantitative estimate of drug-likeness (QED) is 0.448. The summed E-state index contributed by atoms with van der Waals surface area (Å²) >= 11 is 3.56. The summed E-state index contributed by atoms with van der Waals surface area (Å²) in [5.41, 5.74) is 9.24. The molecule has 4 N–H and O–H groups in total. The van der Waals surface area contributed by atoms with Crippen molar-refractivity contribution in [2.24, 2.45) is 5.73 Å². The second-order valence-corrected chi connectivity index (χ2v) is 9.07. The average molecular weight is 535 g/mol. The van der Waals surface area contributed by atoms with Crippen LogP contribution in [0.1, 0.15) is 17.5 Å². The third-order valence-corrected chi connectivity index (χ3v) is 6.53. The fraction of sp³-hybridized carbons (Fsp3) is 0.320. The molecule has 0 saturated heterocycles. The number of hydrogen-bond acceptors (Lipinski definition) is 5. The molecule has 2 unspecified atom stereocenters. The molecule has 0 spiro atoms. The highest BCUT2D eigenvalue weighted by molar-refractivity contribution is 9.10. The monoisotopic (exact) mass is 533 g/mol. The van der Waals surface area contributed by atoms with Crippen LogP contribution in [0.15, 0.2) is 59.1 Å². The van der Waals surface area contributed by atoms with E-state index >= 15 is 0 Å². The van der Waals surface area contributed by atoms with Crippen LogP contribution in [0.5, 0.6) is 5.75 Å². The van der Waals surface area contributed by atoms with Crippen LogP contribution in [0, 0.1) is 0 Å². The number of halogens is 2. The standard InChI is InChI=1S/C25H28BrN3O3.ClH/c1-32-24-11-7-17-12-18(26)8-10-20(17)21(24)14-29-13-19(28-25(31)22(27)15-30)9-6-16-4-2-3-5-23(16)29;/h2-5,7-8,10-12,19,22,30H,6,9,13-15,27H2,1H3,(H,28,31);1H. The molecule has 1 aliphatic rings. The van der Waals surface area contributed by atoms with Gasteiger partial charge in [0.1, 0.15) is 11.8 Å². The molecule has 33 heavy (non-hydrogen) atoms. The minimum atomic E-state index is -0.911. The minimum absolute atomic E-state index is 0. The Morgan fingerprint density at radius 2 is 2.06 bits per heavy atom. The maximum atomic E-state index is 12.4. The number of amides is 1. The van der Waals surface area contributed by atoms with Gasteiger partial charge in [-0.15, -0.1) is 12.4 Å². The largest absolute Gasteiger partial charge is 0.496 e. The van der Waals surface area contributed by atoms with E-state index in [1.807, 2.05) is 24.3 Å². The van der Waals surface area contributed by atoms with Gasteiger partial charge >= 0.3 is 0 Å². The third-order valence-electron chi connectivity index (χ3n) is 6.03. The van der Waals surface area contributed by atoms with Crippen LogP contribution in [0.25, 0.3) is 10.8 Å². The van der Waals surface area contributed by atoms with Gasteiger partial charge in [-0.25, -0.2) is 0 Å². The Hall–Kier alpha value is -2.32. The number of rotatable bonds is 6. The molecule has 0 radical (unpaired) electrons. The fourth-order valence-electron chi connectivity index (χ4n) is 4.37. The van der Waals surface area contributed by atoms with Gasteiger partial charge in [-0.05, 0) is 53.4 Å². The molecule has 8 heteroatoms. The minimum Gasteiger partial charge on any atom is -0.496 e. The van der Waals surface area contributed by atoms with E-state index in [0.717, 1.165) is 45.1 Å². The van der Waals surface area contributed by atoms with E-state index in [4.69, 9.17) is 10.5 Å². The SMILES string of the molecule is COc1ccc2cc(Br)ccc2c1CN1CC(NC(=O)C(N)CO)CCc2ccccc21.Cl. The van der Waals surface area contributed by atoms with Gasteiger partial charge in [0.2, 0.25) is 5.91 Å². The maximum Gasteiger partial charge on any atom is 0.239 e. The topological polar surface area (TPSA) is 87.8 Å². The molecular weight excluding hydrogens is 506 g/mol. The van der Waals surface area contributed by atoms with E-state index < -0.39 is 6.04 Å². The lowest BCUT2D eigenvalue weighted by Crippen LogP contribution is -2.50. The summed E-state index contributed by atoms with van der Waals surface area (Å²) in [7, 11) is 1.69. The highest BCUT2D eigenvalue weighted by Gasteiger charge is 2.26. The lowest BCUT2D eigenvalue weighted by Gasteiger charge is -2.30. The summed E-state index contributed by atoms with van der Waals surface area (Å²) in [5, 5.41) is 14.5. The van der Waals surface area contributed by atoms with E-state index in [2.05, 4.69) is 56.5 Å². The van der Waals surface area contributed by atoms with Crippen LogP contribution in [-0.2, 0) is 17.8 Å². The Kier molecular flexibility index (Phi) is 8.59. The Morgan fingerprint density at radius 3 is 2.82 bits per heavy atom. The number of para-hydroxylation sites is 1. The summed E-state index contributed by atoms with van der Waals surface area (Å²) in [6.07, 6.45) is 1.66. The molecule has 3 aromatic carbocycles. The Labute approximate surface area is 208 Å². The molecule has 176 valence electrons. The second-order valence-electron chi connectivity index (χ2n) is 8.15. The molecule has 1 amide bonds. The van der Waals surface area contributed by atoms with Crippen molar-refractivity contribution in [3.8, 4) is 5.75 Å². The van der Waals surface area contributed by atoms with Crippen LogP contribution in [-0.4, -0.2) is 43.4 Å². The van der Waals surface area contributed by atoms with Crippen molar-refractivity contribution in [2.45, 2.75) is 31.5 Å². The Morgan fingerprint density at radius 1 is 1.27 bits per heavy atom. The van der Waals surface area contributed by atoms with Crippen molar-refractivity contribution in [3.63, 3.8) is 0 Å². The van der Waals surface area contributed by atoms with Crippen molar-refractivity contribution in [2.75, 3.05) is 25.2 Å². The molecule has 0 fully saturated rings. The number of hydrogen-bond donors (Lipinski definition) is 3. The zero-order valence-electron chi connectivity index (χ0n) is 18.5. The molecule has 2 atom stereocenters. The molecule has 4 rings (SSSR count). The normalized spacial score (nSPS) is 16.4. The van der Waals surface area contributed by atoms with Gasteiger partial charge in [-0.1, -0.05) is 46.3 Å². The summed E-state index contributed by atoms with van der Waals surface area (Å²) in [4.78, 5) is 14.7. The zero-order chi connectivity index (χ0) is 22.7. The molecule has 6 nitrogen and oxygen atoms in total. The van der Waals surface area contributed by atoms with Crippen molar-refractivity contribution < 1.29 is 14.6 Å². The van der Waals surface area contributed by atoms with Crippen molar-refractivity contribution >= 4 is 50.7 Å². The predicted molar refractivity (Wildman–Crippen MR) is 138 cm³/mol. The molecular formula is C25H29BrClN3O3. The van der Waals surface area contributed by atoms with Crippen LogP contribution in [0.4, 0.5) is 5.69 Å². The molecule has 0 aromatic heterocycles. The van der Waals surface area contributed by atoms with Crippen LogP contribution < -0.4 is 20.7 Å². The number of methoxy groups -OCH3 is 1. The van der Waals surface area contributed by atoms with Crippen molar-refractivity contribution in [3.05, 3.63) is 70.2 Å². The van der Waals surface area contributed by atoms with Gasteiger partial charge in [-0.2, -0.15) is 0 Å². The number of carbonyl (C=O) groups excluding carboxylic acids is 1. The first-order valence-corrected chi connectivity index (χ1v) is 11.5. The smallest absolute Gasteiger partial charge is 0.239 e. The van der Waals surface area contributed by atoms with Gasteiger partial charge in [0.25, 0.3) is 0 Å². The lowest BCUT2D eigenvalue weighted by atomic mass is 10.0.